The molecule has 2 heterocycles. The van der Waals surface area contributed by atoms with E-state index in [0.29, 0.717) is 6.61 Å². The minimum absolute atomic E-state index is 0.277. The molecule has 3 nitrogen and oxygen atoms in total. The van der Waals surface area contributed by atoms with Gasteiger partial charge in [-0.25, -0.2) is 4.98 Å². The highest BCUT2D eigenvalue weighted by Gasteiger charge is 2.11. The number of rotatable bonds is 3. The second-order valence-corrected chi connectivity index (χ2v) is 6.41. The summed E-state index contributed by atoms with van der Waals surface area (Å²) in [7, 11) is 0. The first-order valence-electron chi connectivity index (χ1n) is 5.99. The summed E-state index contributed by atoms with van der Waals surface area (Å²) in [4.78, 5) is 8.65. The molecule has 0 aliphatic rings. The maximum Gasteiger partial charge on any atom is 0.148 e. The van der Waals surface area contributed by atoms with E-state index in [-0.39, 0.29) is 5.41 Å². The molecule has 0 spiro atoms. The summed E-state index contributed by atoms with van der Waals surface area (Å²) in [6.07, 6.45) is 4.52. The maximum absolute atomic E-state index is 5.82. The SMILES string of the molecule is CC(C)(C)CCOc1ccnc2cc(Br)cnc12. The number of halogens is 1. The van der Waals surface area contributed by atoms with Crippen LogP contribution in [0.1, 0.15) is 27.2 Å². The molecule has 0 bridgehead atoms. The summed E-state index contributed by atoms with van der Waals surface area (Å²) >= 11 is 3.39. The van der Waals surface area contributed by atoms with Crippen molar-refractivity contribution in [3.8, 4) is 5.75 Å². The first kappa shape index (κ1) is 13.3. The van der Waals surface area contributed by atoms with Crippen LogP contribution in [0.2, 0.25) is 0 Å². The van der Waals surface area contributed by atoms with E-state index in [4.69, 9.17) is 4.74 Å². The molecule has 0 saturated heterocycles. The molecule has 0 N–H and O–H groups in total. The molecular weight excluding hydrogens is 292 g/mol. The van der Waals surface area contributed by atoms with Crippen molar-refractivity contribution in [2.75, 3.05) is 6.61 Å². The van der Waals surface area contributed by atoms with Crippen molar-refractivity contribution in [2.24, 2.45) is 5.41 Å². The van der Waals surface area contributed by atoms with E-state index in [9.17, 15) is 0 Å². The number of ether oxygens (including phenoxy) is 1. The Labute approximate surface area is 116 Å². The number of fused-ring (bicyclic) bond motifs is 1. The van der Waals surface area contributed by atoms with E-state index in [1.165, 1.54) is 0 Å². The summed E-state index contributed by atoms with van der Waals surface area (Å²) < 4.78 is 6.74. The summed E-state index contributed by atoms with van der Waals surface area (Å²) in [6, 6.07) is 3.81. The third kappa shape index (κ3) is 3.42. The van der Waals surface area contributed by atoms with Gasteiger partial charge in [-0.15, -0.1) is 0 Å². The molecule has 0 saturated carbocycles. The van der Waals surface area contributed by atoms with Crippen LogP contribution in [0.15, 0.2) is 29.0 Å². The zero-order valence-electron chi connectivity index (χ0n) is 10.9. The Morgan fingerprint density at radius 3 is 2.78 bits per heavy atom. The van der Waals surface area contributed by atoms with Gasteiger partial charge in [0.05, 0.1) is 12.1 Å². The summed E-state index contributed by atoms with van der Waals surface area (Å²) in [5.74, 6) is 0.803. The Hall–Kier alpha value is -1.16. The van der Waals surface area contributed by atoms with Crippen LogP contribution in [-0.4, -0.2) is 16.6 Å². The van der Waals surface area contributed by atoms with E-state index >= 15 is 0 Å². The first-order valence-corrected chi connectivity index (χ1v) is 6.78. The normalized spacial score (nSPS) is 11.8. The fraction of sp³-hybridized carbons (Fsp3) is 0.429. The smallest absolute Gasteiger partial charge is 0.148 e. The van der Waals surface area contributed by atoms with Crippen LogP contribution in [0.5, 0.6) is 5.75 Å². The van der Waals surface area contributed by atoms with Gasteiger partial charge in [-0.3, -0.25) is 4.98 Å². The van der Waals surface area contributed by atoms with Crippen LogP contribution in [0.25, 0.3) is 11.0 Å². The van der Waals surface area contributed by atoms with Gasteiger partial charge >= 0.3 is 0 Å². The van der Waals surface area contributed by atoms with Gasteiger partial charge in [-0.2, -0.15) is 0 Å². The minimum Gasteiger partial charge on any atom is -0.491 e. The molecule has 2 rings (SSSR count). The van der Waals surface area contributed by atoms with Crippen molar-refractivity contribution in [1.82, 2.24) is 9.97 Å². The lowest BCUT2D eigenvalue weighted by Gasteiger charge is -2.18. The van der Waals surface area contributed by atoms with Crippen molar-refractivity contribution < 1.29 is 4.74 Å². The van der Waals surface area contributed by atoms with Crippen molar-refractivity contribution in [2.45, 2.75) is 27.2 Å². The van der Waals surface area contributed by atoms with E-state index < -0.39 is 0 Å². The standard InChI is InChI=1S/C14H17BrN2O/c1-14(2,3)5-7-18-12-4-6-16-11-8-10(15)9-17-13(11)12/h4,6,8-9H,5,7H2,1-3H3. The van der Waals surface area contributed by atoms with Crippen LogP contribution in [0, 0.1) is 5.41 Å². The molecule has 0 amide bonds. The predicted octanol–water partition coefficient (Wildman–Crippen LogP) is 4.21. The van der Waals surface area contributed by atoms with Crippen LogP contribution < -0.4 is 4.74 Å². The summed E-state index contributed by atoms with van der Waals surface area (Å²) in [6.45, 7) is 7.31. The number of pyridine rings is 2. The lowest BCUT2D eigenvalue weighted by molar-refractivity contribution is 0.244. The zero-order valence-corrected chi connectivity index (χ0v) is 12.5. The van der Waals surface area contributed by atoms with E-state index in [1.807, 2.05) is 12.1 Å². The molecular formula is C14H17BrN2O. The summed E-state index contributed by atoms with van der Waals surface area (Å²) in [5, 5.41) is 0. The number of aromatic nitrogens is 2. The largest absolute Gasteiger partial charge is 0.491 e. The molecule has 2 aromatic rings. The molecule has 4 heteroatoms. The minimum atomic E-state index is 0.277. The molecule has 0 aromatic carbocycles. The predicted molar refractivity (Wildman–Crippen MR) is 76.8 cm³/mol. The van der Waals surface area contributed by atoms with Gasteiger partial charge < -0.3 is 4.74 Å². The molecule has 0 aliphatic carbocycles. The molecule has 0 atom stereocenters. The average Bonchev–Trinajstić information content (AvgIpc) is 2.27. The van der Waals surface area contributed by atoms with Crippen LogP contribution in [0.4, 0.5) is 0 Å². The van der Waals surface area contributed by atoms with Crippen LogP contribution in [-0.2, 0) is 0 Å². The quantitative estimate of drug-likeness (QED) is 0.852. The third-order valence-electron chi connectivity index (χ3n) is 2.62. The van der Waals surface area contributed by atoms with Crippen molar-refractivity contribution in [3.05, 3.63) is 29.0 Å². The van der Waals surface area contributed by atoms with E-state index in [2.05, 4.69) is 46.7 Å². The van der Waals surface area contributed by atoms with Gasteiger partial charge in [0.1, 0.15) is 11.3 Å². The van der Waals surface area contributed by atoms with Crippen LogP contribution in [0.3, 0.4) is 0 Å². The van der Waals surface area contributed by atoms with Gasteiger partial charge in [0.25, 0.3) is 0 Å². The highest BCUT2D eigenvalue weighted by atomic mass is 79.9. The van der Waals surface area contributed by atoms with Gasteiger partial charge in [0, 0.05) is 22.9 Å². The van der Waals surface area contributed by atoms with Crippen molar-refractivity contribution in [3.63, 3.8) is 0 Å². The van der Waals surface area contributed by atoms with Gasteiger partial charge in [-0.1, -0.05) is 20.8 Å². The fourth-order valence-electron chi connectivity index (χ4n) is 1.56. The van der Waals surface area contributed by atoms with Crippen LogP contribution >= 0.6 is 15.9 Å². The Bertz CT molecular complexity index is 549. The first-order chi connectivity index (χ1) is 8.46. The average molecular weight is 309 g/mol. The van der Waals surface area contributed by atoms with E-state index in [1.54, 1.807) is 12.4 Å². The van der Waals surface area contributed by atoms with Gasteiger partial charge in [-0.05, 0) is 33.8 Å². The molecule has 0 aliphatic heterocycles. The lowest BCUT2D eigenvalue weighted by atomic mass is 9.93. The maximum atomic E-state index is 5.82. The van der Waals surface area contributed by atoms with E-state index in [0.717, 1.165) is 27.7 Å². The Morgan fingerprint density at radius 1 is 1.28 bits per heavy atom. The molecule has 0 fully saturated rings. The summed E-state index contributed by atoms with van der Waals surface area (Å²) in [5.41, 5.74) is 1.94. The zero-order chi connectivity index (χ0) is 13.2. The van der Waals surface area contributed by atoms with Gasteiger partial charge in [0.15, 0.2) is 0 Å². The molecule has 0 radical (unpaired) electrons. The molecule has 18 heavy (non-hydrogen) atoms. The number of hydrogen-bond donors (Lipinski definition) is 0. The number of nitrogens with zero attached hydrogens (tertiary/aromatic N) is 2. The number of hydrogen-bond acceptors (Lipinski definition) is 3. The monoisotopic (exact) mass is 308 g/mol. The van der Waals surface area contributed by atoms with Crippen molar-refractivity contribution >= 4 is 27.0 Å². The molecule has 0 unspecified atom stereocenters. The Kier molecular flexibility index (Phi) is 3.85. The highest BCUT2D eigenvalue weighted by molar-refractivity contribution is 9.10. The Balaban J connectivity index is 2.18. The molecule has 96 valence electrons. The Morgan fingerprint density at radius 2 is 2.06 bits per heavy atom. The second kappa shape index (κ2) is 5.22. The molecule has 2 aromatic heterocycles. The van der Waals surface area contributed by atoms with Crippen molar-refractivity contribution in [1.29, 1.82) is 0 Å². The highest BCUT2D eigenvalue weighted by Crippen LogP contribution is 2.25. The van der Waals surface area contributed by atoms with Gasteiger partial charge in [0.2, 0.25) is 0 Å². The lowest BCUT2D eigenvalue weighted by Crippen LogP contribution is -2.11. The second-order valence-electron chi connectivity index (χ2n) is 5.49. The third-order valence-corrected chi connectivity index (χ3v) is 3.05. The topological polar surface area (TPSA) is 35.0 Å². The fourth-order valence-corrected chi connectivity index (χ4v) is 1.88.